The maximum Gasteiger partial charge on any atom is 0.262 e. The lowest BCUT2D eigenvalue weighted by molar-refractivity contribution is -0.118. The van der Waals surface area contributed by atoms with Crippen LogP contribution in [0.3, 0.4) is 0 Å². The summed E-state index contributed by atoms with van der Waals surface area (Å²) in [6.45, 7) is 10.3. The first-order valence-electron chi connectivity index (χ1n) is 9.85. The number of aromatic nitrogens is 1. The van der Waals surface area contributed by atoms with E-state index in [4.69, 9.17) is 4.74 Å². The second kappa shape index (κ2) is 9.06. The van der Waals surface area contributed by atoms with Crippen LogP contribution in [0.2, 0.25) is 0 Å². The number of hydrogen-bond acceptors (Lipinski definition) is 5. The highest BCUT2D eigenvalue weighted by Gasteiger charge is 2.15. The van der Waals surface area contributed by atoms with Crippen molar-refractivity contribution in [3.05, 3.63) is 47.7 Å². The molecule has 1 aliphatic heterocycles. The summed E-state index contributed by atoms with van der Waals surface area (Å²) < 4.78 is 5.75. The molecule has 3 rings (SSSR count). The summed E-state index contributed by atoms with van der Waals surface area (Å²) in [6, 6.07) is 9.99. The molecule has 0 atom stereocenters. The largest absolute Gasteiger partial charge is 0.483 e. The van der Waals surface area contributed by atoms with Crippen LogP contribution in [0.25, 0.3) is 0 Å². The van der Waals surface area contributed by atoms with Gasteiger partial charge in [0, 0.05) is 26.2 Å². The number of hydrogen-bond donors (Lipinski definition) is 1. The van der Waals surface area contributed by atoms with Crippen LogP contribution in [-0.2, 0) is 4.79 Å². The predicted octanol–water partition coefficient (Wildman–Crippen LogP) is 3.28. The number of benzene rings is 1. The topological polar surface area (TPSA) is 57.7 Å². The normalized spacial score (nSPS) is 15.0. The number of ether oxygens (including phenoxy) is 1. The number of anilines is 2. The number of carbonyl (C=O) groups is 1. The average molecular weight is 383 g/mol. The zero-order valence-corrected chi connectivity index (χ0v) is 17.2. The summed E-state index contributed by atoms with van der Waals surface area (Å²) in [5, 5.41) is 2.85. The number of amides is 1. The molecule has 0 radical (unpaired) electrons. The third-order valence-electron chi connectivity index (χ3n) is 5.10. The molecular formula is C22H30N4O2. The van der Waals surface area contributed by atoms with Gasteiger partial charge in [-0.05, 0) is 49.2 Å². The summed E-state index contributed by atoms with van der Waals surface area (Å²) in [4.78, 5) is 21.3. The molecule has 0 bridgehead atoms. The predicted molar refractivity (Wildman–Crippen MR) is 113 cm³/mol. The molecule has 1 fully saturated rings. The Bertz CT molecular complexity index is 797. The molecule has 1 aromatic carbocycles. The van der Waals surface area contributed by atoms with Gasteiger partial charge >= 0.3 is 0 Å². The van der Waals surface area contributed by atoms with Gasteiger partial charge in [-0.25, -0.2) is 4.98 Å². The number of nitrogens with one attached hydrogen (secondary N) is 1. The van der Waals surface area contributed by atoms with E-state index in [1.54, 1.807) is 6.20 Å². The molecule has 1 amide bonds. The van der Waals surface area contributed by atoms with Crippen molar-refractivity contribution in [3.63, 3.8) is 0 Å². The van der Waals surface area contributed by atoms with Gasteiger partial charge in [0.05, 0.1) is 11.9 Å². The Balaban J connectivity index is 1.53. The smallest absolute Gasteiger partial charge is 0.262 e. The molecular weight excluding hydrogens is 352 g/mol. The van der Waals surface area contributed by atoms with Gasteiger partial charge in [-0.2, -0.15) is 0 Å². The van der Waals surface area contributed by atoms with Gasteiger partial charge in [-0.3, -0.25) is 4.79 Å². The standard InChI is InChI=1S/C22H30N4O2/c1-16(2)18-6-5-17(3)20(13-18)28-15-22(27)24-19-7-8-21(23-14-19)26-11-9-25(4)10-12-26/h5-8,13-14,16H,9-12,15H2,1-4H3,(H,24,27). The summed E-state index contributed by atoms with van der Waals surface area (Å²) >= 11 is 0. The van der Waals surface area contributed by atoms with Crippen LogP contribution in [0, 0.1) is 6.92 Å². The number of pyridine rings is 1. The highest BCUT2D eigenvalue weighted by Crippen LogP contribution is 2.24. The molecule has 6 nitrogen and oxygen atoms in total. The van der Waals surface area contributed by atoms with Gasteiger partial charge in [0.1, 0.15) is 11.6 Å². The molecule has 1 aliphatic rings. The molecule has 1 N–H and O–H groups in total. The van der Waals surface area contributed by atoms with E-state index >= 15 is 0 Å². The molecule has 0 aliphatic carbocycles. The van der Waals surface area contributed by atoms with Gasteiger partial charge in [0.2, 0.25) is 0 Å². The molecule has 6 heteroatoms. The number of nitrogens with zero attached hydrogens (tertiary/aromatic N) is 3. The lowest BCUT2D eigenvalue weighted by atomic mass is 10.0. The Kier molecular flexibility index (Phi) is 6.52. The fraction of sp³-hybridized carbons (Fsp3) is 0.455. The van der Waals surface area contributed by atoms with Gasteiger partial charge in [-0.1, -0.05) is 26.0 Å². The quantitative estimate of drug-likeness (QED) is 0.831. The lowest BCUT2D eigenvalue weighted by Crippen LogP contribution is -2.44. The van der Waals surface area contributed by atoms with Crippen molar-refractivity contribution in [2.75, 3.05) is 50.1 Å². The first kappa shape index (κ1) is 20.1. The van der Waals surface area contributed by atoms with E-state index in [9.17, 15) is 4.79 Å². The third kappa shape index (κ3) is 5.23. The van der Waals surface area contributed by atoms with E-state index in [0.29, 0.717) is 11.6 Å². The summed E-state index contributed by atoms with van der Waals surface area (Å²) in [6.07, 6.45) is 1.70. The van der Waals surface area contributed by atoms with Crippen LogP contribution < -0.4 is 15.0 Å². The monoisotopic (exact) mass is 382 g/mol. The van der Waals surface area contributed by atoms with Crippen molar-refractivity contribution in [1.82, 2.24) is 9.88 Å². The Hall–Kier alpha value is -2.60. The van der Waals surface area contributed by atoms with Crippen molar-refractivity contribution in [1.29, 1.82) is 0 Å². The fourth-order valence-electron chi connectivity index (χ4n) is 3.15. The molecule has 0 unspecified atom stereocenters. The van der Waals surface area contributed by atoms with E-state index in [2.05, 4.69) is 47.1 Å². The molecule has 2 heterocycles. The Morgan fingerprint density at radius 2 is 1.93 bits per heavy atom. The lowest BCUT2D eigenvalue weighted by Gasteiger charge is -2.33. The number of aryl methyl sites for hydroxylation is 1. The number of piperazine rings is 1. The number of carbonyl (C=O) groups excluding carboxylic acids is 1. The van der Waals surface area contributed by atoms with E-state index < -0.39 is 0 Å². The van der Waals surface area contributed by atoms with E-state index in [1.165, 1.54) is 5.56 Å². The Morgan fingerprint density at radius 1 is 1.18 bits per heavy atom. The second-order valence-corrected chi connectivity index (χ2v) is 7.71. The highest BCUT2D eigenvalue weighted by molar-refractivity contribution is 5.91. The Labute approximate surface area is 167 Å². The highest BCUT2D eigenvalue weighted by atomic mass is 16.5. The van der Waals surface area contributed by atoms with E-state index in [1.807, 2.05) is 31.2 Å². The van der Waals surface area contributed by atoms with Crippen LogP contribution in [0.4, 0.5) is 11.5 Å². The van der Waals surface area contributed by atoms with Crippen molar-refractivity contribution in [3.8, 4) is 5.75 Å². The average Bonchev–Trinajstić information content (AvgIpc) is 2.68. The summed E-state index contributed by atoms with van der Waals surface area (Å²) in [5.41, 5.74) is 2.90. The second-order valence-electron chi connectivity index (χ2n) is 7.71. The number of rotatable bonds is 6. The van der Waals surface area contributed by atoms with Crippen molar-refractivity contribution in [2.24, 2.45) is 0 Å². The number of likely N-dealkylation sites (N-methyl/N-ethyl adjacent to an activating group) is 1. The minimum Gasteiger partial charge on any atom is -0.483 e. The van der Waals surface area contributed by atoms with Gasteiger partial charge in [0.25, 0.3) is 5.91 Å². The van der Waals surface area contributed by atoms with E-state index in [0.717, 1.165) is 43.3 Å². The van der Waals surface area contributed by atoms with Gasteiger partial charge in [0.15, 0.2) is 6.61 Å². The maximum atomic E-state index is 12.3. The van der Waals surface area contributed by atoms with Crippen molar-refractivity contribution < 1.29 is 9.53 Å². The molecule has 0 spiro atoms. The molecule has 1 aromatic heterocycles. The zero-order valence-electron chi connectivity index (χ0n) is 17.2. The molecule has 0 saturated carbocycles. The fourth-order valence-corrected chi connectivity index (χ4v) is 3.15. The van der Waals surface area contributed by atoms with Crippen LogP contribution in [-0.4, -0.2) is 55.6 Å². The molecule has 2 aromatic rings. The molecule has 1 saturated heterocycles. The minimum atomic E-state index is -0.191. The SMILES string of the molecule is Cc1ccc(C(C)C)cc1OCC(=O)Nc1ccc(N2CCN(C)CC2)nc1. The van der Waals surface area contributed by atoms with Gasteiger partial charge < -0.3 is 19.9 Å². The molecule has 150 valence electrons. The summed E-state index contributed by atoms with van der Waals surface area (Å²) in [7, 11) is 2.13. The Morgan fingerprint density at radius 3 is 2.57 bits per heavy atom. The summed E-state index contributed by atoms with van der Waals surface area (Å²) in [5.74, 6) is 1.93. The van der Waals surface area contributed by atoms with Crippen molar-refractivity contribution in [2.45, 2.75) is 26.7 Å². The van der Waals surface area contributed by atoms with Crippen molar-refractivity contribution >= 4 is 17.4 Å². The maximum absolute atomic E-state index is 12.3. The van der Waals surface area contributed by atoms with Crippen LogP contribution >= 0.6 is 0 Å². The van der Waals surface area contributed by atoms with Crippen LogP contribution in [0.5, 0.6) is 5.75 Å². The first-order valence-corrected chi connectivity index (χ1v) is 9.85. The minimum absolute atomic E-state index is 0.0252. The first-order chi connectivity index (χ1) is 13.4. The van der Waals surface area contributed by atoms with E-state index in [-0.39, 0.29) is 12.5 Å². The van der Waals surface area contributed by atoms with Crippen LogP contribution in [0.1, 0.15) is 30.9 Å². The molecule has 28 heavy (non-hydrogen) atoms. The van der Waals surface area contributed by atoms with Crippen LogP contribution in [0.15, 0.2) is 36.5 Å². The zero-order chi connectivity index (χ0) is 20.1. The third-order valence-corrected chi connectivity index (χ3v) is 5.10. The van der Waals surface area contributed by atoms with Gasteiger partial charge in [-0.15, -0.1) is 0 Å².